The minimum Gasteiger partial charge on any atom is -0.492 e. The SMILES string of the molecule is CCNC(=NCc1ccc(CS(=O)(=O)NC(C)C)cc1)NCCOc1ccccc1. The minimum absolute atomic E-state index is 0.0274. The molecule has 0 saturated carbocycles. The topological polar surface area (TPSA) is 91.8 Å². The van der Waals surface area contributed by atoms with Crippen molar-refractivity contribution in [2.45, 2.75) is 39.1 Å². The fraction of sp³-hybridized carbons (Fsp3) is 0.409. The maximum Gasteiger partial charge on any atom is 0.216 e. The fourth-order valence-corrected chi connectivity index (χ4v) is 4.16. The quantitative estimate of drug-likeness (QED) is 0.288. The molecule has 0 atom stereocenters. The van der Waals surface area contributed by atoms with Crippen LogP contribution in [-0.4, -0.2) is 40.1 Å². The molecule has 3 N–H and O–H groups in total. The van der Waals surface area contributed by atoms with Gasteiger partial charge in [0.05, 0.1) is 18.8 Å². The number of ether oxygens (including phenoxy) is 1. The molecule has 0 spiro atoms. The number of guanidine groups is 1. The lowest BCUT2D eigenvalue weighted by atomic mass is 10.1. The van der Waals surface area contributed by atoms with E-state index >= 15 is 0 Å². The largest absolute Gasteiger partial charge is 0.492 e. The molecule has 0 aliphatic rings. The van der Waals surface area contributed by atoms with Gasteiger partial charge < -0.3 is 15.4 Å². The van der Waals surface area contributed by atoms with Crippen molar-refractivity contribution in [3.63, 3.8) is 0 Å². The lowest BCUT2D eigenvalue weighted by Gasteiger charge is -2.12. The second-order valence-corrected chi connectivity index (χ2v) is 8.89. The van der Waals surface area contributed by atoms with Crippen LogP contribution in [0, 0.1) is 0 Å². The summed E-state index contributed by atoms with van der Waals surface area (Å²) in [6.07, 6.45) is 0. The van der Waals surface area contributed by atoms with Gasteiger partial charge in [-0.25, -0.2) is 18.1 Å². The van der Waals surface area contributed by atoms with Crippen LogP contribution in [0.15, 0.2) is 59.6 Å². The Morgan fingerprint density at radius 3 is 2.30 bits per heavy atom. The zero-order chi connectivity index (χ0) is 21.8. The summed E-state index contributed by atoms with van der Waals surface area (Å²) in [6, 6.07) is 17.0. The van der Waals surface area contributed by atoms with Crippen LogP contribution in [0.5, 0.6) is 5.75 Å². The predicted octanol–water partition coefficient (Wildman–Crippen LogP) is 2.65. The highest BCUT2D eigenvalue weighted by molar-refractivity contribution is 7.88. The van der Waals surface area contributed by atoms with Crippen LogP contribution in [0.2, 0.25) is 0 Å². The maximum absolute atomic E-state index is 12.0. The van der Waals surface area contributed by atoms with Crippen LogP contribution in [0.1, 0.15) is 31.9 Å². The number of nitrogens with zero attached hydrogens (tertiary/aromatic N) is 1. The highest BCUT2D eigenvalue weighted by Crippen LogP contribution is 2.10. The molecule has 0 unspecified atom stereocenters. The first-order valence-corrected chi connectivity index (χ1v) is 11.8. The first-order chi connectivity index (χ1) is 14.4. The van der Waals surface area contributed by atoms with Crippen molar-refractivity contribution in [3.05, 3.63) is 65.7 Å². The average Bonchev–Trinajstić information content (AvgIpc) is 2.70. The van der Waals surface area contributed by atoms with Crippen LogP contribution < -0.4 is 20.1 Å². The molecule has 0 aliphatic carbocycles. The minimum atomic E-state index is -3.32. The monoisotopic (exact) mass is 432 g/mol. The molecular formula is C22H32N4O3S. The van der Waals surface area contributed by atoms with Gasteiger partial charge >= 0.3 is 0 Å². The molecule has 164 valence electrons. The average molecular weight is 433 g/mol. The molecule has 8 heteroatoms. The molecular weight excluding hydrogens is 400 g/mol. The third-order valence-electron chi connectivity index (χ3n) is 3.97. The molecule has 7 nitrogen and oxygen atoms in total. The Kier molecular flexibility index (Phi) is 9.63. The Balaban J connectivity index is 1.84. The van der Waals surface area contributed by atoms with Crippen molar-refractivity contribution in [1.82, 2.24) is 15.4 Å². The van der Waals surface area contributed by atoms with Crippen LogP contribution in [0.3, 0.4) is 0 Å². The molecule has 0 radical (unpaired) electrons. The second-order valence-electron chi connectivity index (χ2n) is 7.13. The van der Waals surface area contributed by atoms with E-state index in [1.165, 1.54) is 0 Å². The number of rotatable bonds is 11. The summed E-state index contributed by atoms with van der Waals surface area (Å²) < 4.78 is 32.3. The summed E-state index contributed by atoms with van der Waals surface area (Å²) in [7, 11) is -3.32. The Labute approximate surface area is 180 Å². The first-order valence-electron chi connectivity index (χ1n) is 10.2. The highest BCUT2D eigenvalue weighted by Gasteiger charge is 2.12. The van der Waals surface area contributed by atoms with Gasteiger partial charge in [0.1, 0.15) is 12.4 Å². The van der Waals surface area contributed by atoms with Gasteiger partial charge in [-0.1, -0.05) is 42.5 Å². The van der Waals surface area contributed by atoms with Crippen LogP contribution in [0.25, 0.3) is 0 Å². The van der Waals surface area contributed by atoms with E-state index in [0.29, 0.717) is 25.7 Å². The molecule has 0 fully saturated rings. The fourth-order valence-electron chi connectivity index (χ4n) is 2.73. The van der Waals surface area contributed by atoms with Crippen LogP contribution in [-0.2, 0) is 22.3 Å². The van der Waals surface area contributed by atoms with E-state index in [1.54, 1.807) is 0 Å². The van der Waals surface area contributed by atoms with Crippen molar-refractivity contribution in [1.29, 1.82) is 0 Å². The van der Waals surface area contributed by atoms with E-state index in [4.69, 9.17) is 4.74 Å². The van der Waals surface area contributed by atoms with E-state index in [0.717, 1.165) is 23.4 Å². The summed E-state index contributed by atoms with van der Waals surface area (Å²) in [6.45, 7) is 8.03. The smallest absolute Gasteiger partial charge is 0.216 e. The van der Waals surface area contributed by atoms with Gasteiger partial charge in [0.2, 0.25) is 10.0 Å². The lowest BCUT2D eigenvalue weighted by Crippen LogP contribution is -2.39. The molecule has 0 saturated heterocycles. The molecule has 0 aliphatic heterocycles. The normalized spacial score (nSPS) is 12.1. The molecule has 0 bridgehead atoms. The van der Waals surface area contributed by atoms with E-state index in [-0.39, 0.29) is 11.8 Å². The van der Waals surface area contributed by atoms with Crippen molar-refractivity contribution >= 4 is 16.0 Å². The van der Waals surface area contributed by atoms with Crippen LogP contribution >= 0.6 is 0 Å². The molecule has 0 amide bonds. The van der Waals surface area contributed by atoms with Crippen molar-refractivity contribution in [3.8, 4) is 5.75 Å². The summed E-state index contributed by atoms with van der Waals surface area (Å²) in [5, 5.41) is 6.46. The number of hydrogen-bond donors (Lipinski definition) is 3. The third-order valence-corrected chi connectivity index (χ3v) is 5.51. The van der Waals surface area contributed by atoms with Crippen molar-refractivity contribution in [2.24, 2.45) is 4.99 Å². The summed E-state index contributed by atoms with van der Waals surface area (Å²) >= 11 is 0. The van der Waals surface area contributed by atoms with E-state index in [9.17, 15) is 8.42 Å². The number of aliphatic imine (C=N–C) groups is 1. The van der Waals surface area contributed by atoms with Gasteiger partial charge in [0, 0.05) is 12.6 Å². The summed E-state index contributed by atoms with van der Waals surface area (Å²) in [5.74, 6) is 1.52. The molecule has 2 aromatic rings. The number of hydrogen-bond acceptors (Lipinski definition) is 4. The third kappa shape index (κ3) is 9.28. The van der Waals surface area contributed by atoms with E-state index in [1.807, 2.05) is 75.4 Å². The van der Waals surface area contributed by atoms with Crippen molar-refractivity contribution < 1.29 is 13.2 Å². The maximum atomic E-state index is 12.0. The van der Waals surface area contributed by atoms with Gasteiger partial charge in [0.25, 0.3) is 0 Å². The van der Waals surface area contributed by atoms with Gasteiger partial charge in [-0.05, 0) is 44.0 Å². The Morgan fingerprint density at radius 1 is 1.00 bits per heavy atom. The highest BCUT2D eigenvalue weighted by atomic mass is 32.2. The standard InChI is InChI=1S/C22H32N4O3S/c1-4-23-22(24-14-15-29-21-8-6-5-7-9-21)25-16-19-10-12-20(13-11-19)17-30(27,28)26-18(2)3/h5-13,18,26H,4,14-17H2,1-3H3,(H2,23,24,25). The number of benzene rings is 2. The number of para-hydroxylation sites is 1. The molecule has 0 aromatic heterocycles. The molecule has 2 aromatic carbocycles. The van der Waals surface area contributed by atoms with E-state index in [2.05, 4.69) is 20.3 Å². The van der Waals surface area contributed by atoms with Crippen molar-refractivity contribution in [2.75, 3.05) is 19.7 Å². The first kappa shape index (κ1) is 23.7. The second kappa shape index (κ2) is 12.2. The summed E-state index contributed by atoms with van der Waals surface area (Å²) in [4.78, 5) is 4.58. The number of nitrogens with one attached hydrogen (secondary N) is 3. The van der Waals surface area contributed by atoms with Gasteiger partial charge in [0.15, 0.2) is 5.96 Å². The van der Waals surface area contributed by atoms with Gasteiger partial charge in [-0.15, -0.1) is 0 Å². The molecule has 0 heterocycles. The lowest BCUT2D eigenvalue weighted by molar-refractivity contribution is 0.322. The van der Waals surface area contributed by atoms with Gasteiger partial charge in [-0.2, -0.15) is 0 Å². The Bertz CT molecular complexity index is 882. The summed E-state index contributed by atoms with van der Waals surface area (Å²) in [5.41, 5.74) is 1.75. The van der Waals surface area contributed by atoms with E-state index < -0.39 is 10.0 Å². The Morgan fingerprint density at radius 2 is 1.67 bits per heavy atom. The van der Waals surface area contributed by atoms with Crippen LogP contribution in [0.4, 0.5) is 0 Å². The number of sulfonamides is 1. The zero-order valence-electron chi connectivity index (χ0n) is 17.9. The predicted molar refractivity (Wildman–Crippen MR) is 122 cm³/mol. The van der Waals surface area contributed by atoms with Gasteiger partial charge in [-0.3, -0.25) is 0 Å². The zero-order valence-corrected chi connectivity index (χ0v) is 18.7. The molecule has 2 rings (SSSR count). The Hall–Kier alpha value is -2.58. The molecule has 30 heavy (non-hydrogen) atoms.